The van der Waals surface area contributed by atoms with Crippen LogP contribution in [-0.4, -0.2) is 14.5 Å². The van der Waals surface area contributed by atoms with E-state index >= 15 is 0 Å². The summed E-state index contributed by atoms with van der Waals surface area (Å²) in [6.07, 6.45) is 0.704. The van der Waals surface area contributed by atoms with Crippen LogP contribution >= 0.6 is 11.3 Å². The van der Waals surface area contributed by atoms with E-state index in [4.69, 9.17) is 0 Å². The molecule has 2 heterocycles. The van der Waals surface area contributed by atoms with Crippen molar-refractivity contribution < 1.29 is 8.42 Å². The molecule has 1 unspecified atom stereocenters. The van der Waals surface area contributed by atoms with Gasteiger partial charge in [-0.25, -0.2) is 13.1 Å². The number of benzene rings is 1. The molecule has 4 nitrogen and oxygen atoms in total. The van der Waals surface area contributed by atoms with Crippen LogP contribution in [0.2, 0.25) is 0 Å². The smallest absolute Gasteiger partial charge is 0.240 e. The highest BCUT2D eigenvalue weighted by molar-refractivity contribution is 7.89. The lowest BCUT2D eigenvalue weighted by atomic mass is 10.1. The van der Waals surface area contributed by atoms with Gasteiger partial charge in [-0.3, -0.25) is 0 Å². The minimum atomic E-state index is -3.46. The minimum Gasteiger partial charge on any atom is -0.309 e. The van der Waals surface area contributed by atoms with E-state index in [2.05, 4.69) is 10.0 Å². The molecule has 6 heteroatoms. The first-order valence-electron chi connectivity index (χ1n) is 6.90. The Hall–Kier alpha value is -1.21. The summed E-state index contributed by atoms with van der Waals surface area (Å²) in [5, 5.41) is 7.27. The Labute approximate surface area is 129 Å². The van der Waals surface area contributed by atoms with Crippen molar-refractivity contribution in [1.82, 2.24) is 10.0 Å². The fourth-order valence-corrected chi connectivity index (χ4v) is 4.55. The lowest BCUT2D eigenvalue weighted by Crippen LogP contribution is -2.34. The lowest BCUT2D eigenvalue weighted by Gasteiger charge is -2.14. The number of hydrogen-bond donors (Lipinski definition) is 2. The van der Waals surface area contributed by atoms with E-state index in [1.165, 1.54) is 5.56 Å². The molecule has 0 fully saturated rings. The normalized spacial score (nSPS) is 15.9. The van der Waals surface area contributed by atoms with Crippen molar-refractivity contribution >= 4 is 21.4 Å². The molecule has 0 radical (unpaired) electrons. The number of nitrogens with one attached hydrogen (secondary N) is 2. The Balaban J connectivity index is 1.74. The third-order valence-electron chi connectivity index (χ3n) is 3.60. The van der Waals surface area contributed by atoms with Gasteiger partial charge in [0.05, 0.1) is 4.90 Å². The molecule has 0 spiro atoms. The molecule has 1 atom stereocenters. The zero-order valence-electron chi connectivity index (χ0n) is 11.8. The monoisotopic (exact) mass is 322 g/mol. The molecule has 0 saturated heterocycles. The van der Waals surface area contributed by atoms with Gasteiger partial charge in [0.15, 0.2) is 0 Å². The van der Waals surface area contributed by atoms with Crippen LogP contribution < -0.4 is 10.0 Å². The van der Waals surface area contributed by atoms with Crippen LogP contribution in [0, 0.1) is 0 Å². The summed E-state index contributed by atoms with van der Waals surface area (Å²) in [6, 6.07) is 7.25. The fraction of sp³-hybridized carbons (Fsp3) is 0.333. The fourth-order valence-electron chi connectivity index (χ4n) is 2.58. The van der Waals surface area contributed by atoms with E-state index in [0.29, 0.717) is 11.3 Å². The van der Waals surface area contributed by atoms with Crippen LogP contribution in [0.3, 0.4) is 0 Å². The van der Waals surface area contributed by atoms with Crippen molar-refractivity contribution in [3.63, 3.8) is 0 Å². The number of sulfonamides is 1. The molecule has 1 aromatic heterocycles. The van der Waals surface area contributed by atoms with Crippen LogP contribution in [-0.2, 0) is 29.5 Å². The highest BCUT2D eigenvalue weighted by Crippen LogP contribution is 2.20. The molecule has 21 heavy (non-hydrogen) atoms. The molecule has 0 bridgehead atoms. The van der Waals surface area contributed by atoms with Gasteiger partial charge in [-0.1, -0.05) is 6.07 Å². The average Bonchev–Trinajstić information content (AvgIpc) is 3.07. The molecule has 0 aliphatic carbocycles. The Bertz CT molecular complexity index is 724. The molecule has 2 N–H and O–H groups in total. The summed E-state index contributed by atoms with van der Waals surface area (Å²) in [5.74, 6) is 0. The van der Waals surface area contributed by atoms with E-state index < -0.39 is 10.0 Å². The third kappa shape index (κ3) is 3.35. The second-order valence-corrected chi connectivity index (χ2v) is 7.89. The molecule has 3 rings (SSSR count). The van der Waals surface area contributed by atoms with Gasteiger partial charge in [0, 0.05) is 19.1 Å². The molecule has 1 aliphatic rings. The topological polar surface area (TPSA) is 58.2 Å². The van der Waals surface area contributed by atoms with Crippen LogP contribution in [0.5, 0.6) is 0 Å². The standard InChI is InChI=1S/C15H18N2O2S2/c1-11(6-12-4-5-20-10-12)17-21(18,19)15-3-2-13-8-16-9-14(13)7-15/h2-5,7,10-11,16-17H,6,8-9H2,1H3. The molecular formula is C15H18N2O2S2. The Morgan fingerprint density at radius 1 is 1.29 bits per heavy atom. The van der Waals surface area contributed by atoms with E-state index in [1.54, 1.807) is 23.5 Å². The van der Waals surface area contributed by atoms with Gasteiger partial charge in [-0.15, -0.1) is 0 Å². The largest absolute Gasteiger partial charge is 0.309 e. The molecule has 0 saturated carbocycles. The van der Waals surface area contributed by atoms with E-state index in [9.17, 15) is 8.42 Å². The van der Waals surface area contributed by atoms with E-state index in [0.717, 1.165) is 24.2 Å². The maximum atomic E-state index is 12.4. The quantitative estimate of drug-likeness (QED) is 0.888. The number of hydrogen-bond acceptors (Lipinski definition) is 4. The van der Waals surface area contributed by atoms with Crippen molar-refractivity contribution in [2.75, 3.05) is 0 Å². The Morgan fingerprint density at radius 2 is 2.10 bits per heavy atom. The summed E-state index contributed by atoms with van der Waals surface area (Å²) in [7, 11) is -3.46. The molecule has 1 aliphatic heterocycles. The summed E-state index contributed by atoms with van der Waals surface area (Å²) in [5.41, 5.74) is 3.41. The van der Waals surface area contributed by atoms with Crippen LogP contribution in [0.15, 0.2) is 39.9 Å². The minimum absolute atomic E-state index is 0.129. The lowest BCUT2D eigenvalue weighted by molar-refractivity contribution is 0.560. The number of rotatable bonds is 5. The highest BCUT2D eigenvalue weighted by Gasteiger charge is 2.20. The molecule has 1 aromatic carbocycles. The van der Waals surface area contributed by atoms with Gasteiger partial charge in [-0.2, -0.15) is 11.3 Å². The number of thiophene rings is 1. The summed E-state index contributed by atoms with van der Waals surface area (Å²) in [4.78, 5) is 0.349. The first-order valence-corrected chi connectivity index (χ1v) is 9.33. The van der Waals surface area contributed by atoms with Crippen molar-refractivity contribution in [2.45, 2.75) is 37.4 Å². The summed E-state index contributed by atoms with van der Waals surface area (Å²) < 4.78 is 27.6. The van der Waals surface area contributed by atoms with Gasteiger partial charge in [0.25, 0.3) is 0 Å². The predicted molar refractivity (Wildman–Crippen MR) is 84.8 cm³/mol. The second-order valence-electron chi connectivity index (χ2n) is 5.39. The van der Waals surface area contributed by atoms with Crippen LogP contribution in [0.1, 0.15) is 23.6 Å². The Morgan fingerprint density at radius 3 is 2.86 bits per heavy atom. The maximum absolute atomic E-state index is 12.4. The van der Waals surface area contributed by atoms with Crippen molar-refractivity contribution in [2.24, 2.45) is 0 Å². The average molecular weight is 322 g/mol. The van der Waals surface area contributed by atoms with Gasteiger partial charge < -0.3 is 5.32 Å². The van der Waals surface area contributed by atoms with Gasteiger partial charge >= 0.3 is 0 Å². The zero-order valence-corrected chi connectivity index (χ0v) is 13.4. The van der Waals surface area contributed by atoms with Gasteiger partial charge in [0.1, 0.15) is 0 Å². The molecule has 2 aromatic rings. The van der Waals surface area contributed by atoms with Crippen molar-refractivity contribution in [3.8, 4) is 0 Å². The molecule has 112 valence electrons. The summed E-state index contributed by atoms with van der Waals surface area (Å²) >= 11 is 1.63. The number of fused-ring (bicyclic) bond motifs is 1. The van der Waals surface area contributed by atoms with Crippen molar-refractivity contribution in [1.29, 1.82) is 0 Å². The predicted octanol–water partition coefficient (Wildman–Crippen LogP) is 2.26. The van der Waals surface area contributed by atoms with E-state index in [-0.39, 0.29) is 6.04 Å². The van der Waals surface area contributed by atoms with Crippen LogP contribution in [0.4, 0.5) is 0 Å². The molecular weight excluding hydrogens is 304 g/mol. The SMILES string of the molecule is CC(Cc1ccsc1)NS(=O)(=O)c1ccc2c(c1)CNC2. The molecule has 0 amide bonds. The van der Waals surface area contributed by atoms with Gasteiger partial charge in [0.2, 0.25) is 10.0 Å². The van der Waals surface area contributed by atoms with E-state index in [1.807, 2.05) is 29.8 Å². The highest BCUT2D eigenvalue weighted by atomic mass is 32.2. The zero-order chi connectivity index (χ0) is 14.9. The maximum Gasteiger partial charge on any atom is 0.240 e. The first-order chi connectivity index (χ1) is 10.0. The first kappa shape index (κ1) is 14.7. The second kappa shape index (κ2) is 5.88. The van der Waals surface area contributed by atoms with Crippen LogP contribution in [0.25, 0.3) is 0 Å². The third-order valence-corrected chi connectivity index (χ3v) is 5.92. The Kier molecular flexibility index (Phi) is 4.12. The summed E-state index contributed by atoms with van der Waals surface area (Å²) in [6.45, 7) is 3.45. The van der Waals surface area contributed by atoms with Gasteiger partial charge in [-0.05, 0) is 59.0 Å². The van der Waals surface area contributed by atoms with Crippen molar-refractivity contribution in [3.05, 3.63) is 51.7 Å².